The number of nitrogens with one attached hydrogen (secondary N) is 3. The van der Waals surface area contributed by atoms with Crippen LogP contribution in [0.2, 0.25) is 0 Å². The number of carbonyl (C=O) groups is 4. The Morgan fingerprint density at radius 3 is 2.54 bits per heavy atom. The second kappa shape index (κ2) is 12.8. The van der Waals surface area contributed by atoms with Crippen molar-refractivity contribution in [2.75, 3.05) is 19.6 Å². The van der Waals surface area contributed by atoms with Crippen LogP contribution in [0.3, 0.4) is 0 Å². The first-order valence-corrected chi connectivity index (χ1v) is 18.6. The van der Waals surface area contributed by atoms with Gasteiger partial charge in [0.15, 0.2) is 0 Å². The molecule has 3 saturated carbocycles. The summed E-state index contributed by atoms with van der Waals surface area (Å²) in [5.74, 6) is -1.81. The van der Waals surface area contributed by atoms with E-state index in [1.54, 1.807) is 0 Å². The van der Waals surface area contributed by atoms with Crippen molar-refractivity contribution in [3.05, 3.63) is 54.6 Å². The Kier molecular flexibility index (Phi) is 8.69. The van der Waals surface area contributed by atoms with Gasteiger partial charge in [-0.1, -0.05) is 48.6 Å². The molecular weight excluding hydrogens is 634 g/mol. The Bertz CT molecular complexity index is 1750. The van der Waals surface area contributed by atoms with Crippen LogP contribution in [0.25, 0.3) is 10.8 Å². The summed E-state index contributed by atoms with van der Waals surface area (Å²) in [6, 6.07) is 12.0. The lowest BCUT2D eigenvalue weighted by molar-refractivity contribution is -0.142. The van der Waals surface area contributed by atoms with E-state index in [9.17, 15) is 27.6 Å². The lowest BCUT2D eigenvalue weighted by Crippen LogP contribution is -2.59. The molecule has 2 aromatic rings. The second-order valence-corrected chi connectivity index (χ2v) is 15.9. The van der Waals surface area contributed by atoms with Crippen LogP contribution < -0.4 is 20.1 Å². The maximum atomic E-state index is 14.4. The Morgan fingerprint density at radius 2 is 1.79 bits per heavy atom. The van der Waals surface area contributed by atoms with E-state index in [0.717, 1.165) is 36.6 Å². The lowest BCUT2D eigenvalue weighted by Gasteiger charge is -2.32. The third kappa shape index (κ3) is 6.80. The van der Waals surface area contributed by atoms with Crippen LogP contribution in [0.1, 0.15) is 58.3 Å². The average Bonchev–Trinajstić information content (AvgIpc) is 3.93. The fourth-order valence-corrected chi connectivity index (χ4v) is 8.58. The molecule has 7 rings (SSSR count). The van der Waals surface area contributed by atoms with Gasteiger partial charge < -0.3 is 20.3 Å². The van der Waals surface area contributed by atoms with Crippen LogP contribution in [-0.2, 0) is 29.2 Å². The molecule has 0 radical (unpaired) electrons. The molecule has 4 amide bonds. The topological polar surface area (TPSA) is 154 Å². The van der Waals surface area contributed by atoms with Crippen molar-refractivity contribution in [3.63, 3.8) is 0 Å². The number of carbonyl (C=O) groups excluding carboxylic acids is 4. The first-order chi connectivity index (χ1) is 23.0. The van der Waals surface area contributed by atoms with Gasteiger partial charge in [-0.15, -0.1) is 0 Å². The van der Waals surface area contributed by atoms with Crippen LogP contribution in [0.15, 0.2) is 54.6 Å². The van der Waals surface area contributed by atoms with E-state index in [4.69, 9.17) is 4.74 Å². The van der Waals surface area contributed by atoms with Crippen molar-refractivity contribution < 1.29 is 32.3 Å². The van der Waals surface area contributed by atoms with Crippen molar-refractivity contribution in [1.29, 1.82) is 0 Å². The molecule has 5 aliphatic rings. The lowest BCUT2D eigenvalue weighted by atomic mass is 10.1. The molecule has 2 heterocycles. The van der Waals surface area contributed by atoms with E-state index >= 15 is 0 Å². The van der Waals surface area contributed by atoms with Crippen LogP contribution in [-0.4, -0.2) is 96.5 Å². The molecule has 0 aromatic heterocycles. The zero-order chi connectivity index (χ0) is 33.6. The van der Waals surface area contributed by atoms with E-state index in [0.29, 0.717) is 37.6 Å². The quantitative estimate of drug-likeness (QED) is 0.376. The third-order valence-electron chi connectivity index (χ3n) is 10.2. The Balaban J connectivity index is 1.21. The van der Waals surface area contributed by atoms with Gasteiger partial charge in [0.2, 0.25) is 27.7 Å². The fourth-order valence-electron chi connectivity index (χ4n) is 7.22. The van der Waals surface area contributed by atoms with Gasteiger partial charge in [-0.3, -0.25) is 28.8 Å². The van der Waals surface area contributed by atoms with E-state index in [2.05, 4.69) is 20.3 Å². The standard InChI is InChI=1S/C35H43N5O7S/c1-22(41)36-29-21-39(25-13-14-25)17-6-2-3-10-24-19-35(24,34(44)38-48(45,46)27-15-16-27)37-32(42)30-18-26(20-40(30)33(29)43)47-31-12-7-9-23-8-4-5-11-28(23)31/h3-5,7-12,24-27,29-30H,2,6,13-21H2,1H3,(H,36,41)(H,37,42)(H,38,44)/b10-3-/t24?,26-,29+,30+,35-/m1/s1. The molecule has 1 saturated heterocycles. The number of hydrogen-bond acceptors (Lipinski definition) is 8. The molecule has 3 N–H and O–H groups in total. The molecule has 0 spiro atoms. The van der Waals surface area contributed by atoms with Crippen molar-refractivity contribution >= 4 is 44.4 Å². The van der Waals surface area contributed by atoms with Crippen molar-refractivity contribution in [2.45, 2.75) is 93.3 Å². The molecule has 1 unspecified atom stereocenters. The smallest absolute Gasteiger partial charge is 0.259 e. The summed E-state index contributed by atoms with van der Waals surface area (Å²) >= 11 is 0. The largest absolute Gasteiger partial charge is 0.488 e. The highest BCUT2D eigenvalue weighted by atomic mass is 32.2. The molecule has 2 aliphatic heterocycles. The monoisotopic (exact) mass is 677 g/mol. The predicted molar refractivity (Wildman–Crippen MR) is 178 cm³/mol. The molecule has 0 bridgehead atoms. The molecular formula is C35H43N5O7S. The summed E-state index contributed by atoms with van der Waals surface area (Å²) in [5, 5.41) is 7.04. The predicted octanol–water partition coefficient (Wildman–Crippen LogP) is 1.99. The highest BCUT2D eigenvalue weighted by molar-refractivity contribution is 7.91. The number of rotatable bonds is 7. The minimum Gasteiger partial charge on any atom is -0.488 e. The minimum atomic E-state index is -3.85. The van der Waals surface area contributed by atoms with Crippen LogP contribution >= 0.6 is 0 Å². The molecule has 12 nitrogen and oxygen atoms in total. The highest BCUT2D eigenvalue weighted by Gasteiger charge is 2.62. The fraction of sp³-hybridized carbons (Fsp3) is 0.543. The van der Waals surface area contributed by atoms with Crippen LogP contribution in [0.4, 0.5) is 0 Å². The molecule has 4 fully saturated rings. The Hall–Kier alpha value is -3.97. The number of allylic oxidation sites excluding steroid dienone is 1. The van der Waals surface area contributed by atoms with Crippen LogP contribution in [0, 0.1) is 5.92 Å². The van der Waals surface area contributed by atoms with Gasteiger partial charge in [-0.25, -0.2) is 8.42 Å². The molecule has 3 aliphatic carbocycles. The van der Waals surface area contributed by atoms with Gasteiger partial charge in [0.25, 0.3) is 5.91 Å². The van der Waals surface area contributed by atoms with E-state index in [-0.39, 0.29) is 31.2 Å². The molecule has 2 aromatic carbocycles. The molecule has 13 heteroatoms. The van der Waals surface area contributed by atoms with E-state index in [1.165, 1.54) is 11.8 Å². The van der Waals surface area contributed by atoms with Gasteiger partial charge in [0.1, 0.15) is 29.5 Å². The van der Waals surface area contributed by atoms with Crippen molar-refractivity contribution in [2.24, 2.45) is 5.92 Å². The second-order valence-electron chi connectivity index (χ2n) is 14.0. The Morgan fingerprint density at radius 1 is 1.02 bits per heavy atom. The van der Waals surface area contributed by atoms with Gasteiger partial charge >= 0.3 is 0 Å². The molecule has 256 valence electrons. The molecule has 48 heavy (non-hydrogen) atoms. The number of fused-ring (bicyclic) bond motifs is 3. The number of sulfonamides is 1. The zero-order valence-electron chi connectivity index (χ0n) is 27.1. The summed E-state index contributed by atoms with van der Waals surface area (Å²) < 4.78 is 34.3. The highest BCUT2D eigenvalue weighted by Crippen LogP contribution is 2.46. The first-order valence-electron chi connectivity index (χ1n) is 17.0. The molecule has 5 atom stereocenters. The first kappa shape index (κ1) is 32.6. The van der Waals surface area contributed by atoms with Gasteiger partial charge in [-0.2, -0.15) is 0 Å². The number of benzene rings is 2. The number of nitrogens with zero attached hydrogens (tertiary/aromatic N) is 2. The summed E-state index contributed by atoms with van der Waals surface area (Å²) in [5.41, 5.74) is -1.45. The van der Waals surface area contributed by atoms with E-state index in [1.807, 2.05) is 54.6 Å². The zero-order valence-corrected chi connectivity index (χ0v) is 27.9. The third-order valence-corrected chi connectivity index (χ3v) is 12.0. The van der Waals surface area contributed by atoms with Crippen molar-refractivity contribution in [1.82, 2.24) is 25.2 Å². The van der Waals surface area contributed by atoms with Gasteiger partial charge in [0, 0.05) is 37.2 Å². The summed E-state index contributed by atoms with van der Waals surface area (Å²) in [4.78, 5) is 58.4. The number of amides is 4. The Labute approximate surface area is 280 Å². The van der Waals surface area contributed by atoms with Crippen LogP contribution in [0.5, 0.6) is 5.75 Å². The SMILES string of the molecule is CC(=O)N[C@H]1CN(C2CC2)CCC/C=C\C2C[C@@]2(C(=O)NS(=O)(=O)C2CC2)NC(=O)[C@@H]2C[C@@H](Oc3cccc4ccccc34)CN2C1=O. The van der Waals surface area contributed by atoms with Gasteiger partial charge in [-0.05, 0) is 62.9 Å². The number of ether oxygens (including phenoxy) is 1. The maximum Gasteiger partial charge on any atom is 0.259 e. The summed E-state index contributed by atoms with van der Waals surface area (Å²) in [6.45, 7) is 2.52. The summed E-state index contributed by atoms with van der Waals surface area (Å²) in [7, 11) is -3.85. The van der Waals surface area contributed by atoms with E-state index < -0.39 is 56.7 Å². The van der Waals surface area contributed by atoms with Gasteiger partial charge in [0.05, 0.1) is 11.8 Å². The normalized spacial score (nSPS) is 30.6. The average molecular weight is 678 g/mol. The number of hydrogen-bond donors (Lipinski definition) is 3. The van der Waals surface area contributed by atoms with Crippen molar-refractivity contribution in [3.8, 4) is 5.75 Å². The summed E-state index contributed by atoms with van der Waals surface area (Å²) in [6.07, 6.45) is 8.29. The minimum absolute atomic E-state index is 0.0955. The maximum absolute atomic E-state index is 14.4.